The topological polar surface area (TPSA) is 67.4 Å². The van der Waals surface area contributed by atoms with Crippen molar-refractivity contribution >= 4 is 17.4 Å². The van der Waals surface area contributed by atoms with Gasteiger partial charge in [0.15, 0.2) is 0 Å². The average Bonchev–Trinajstić information content (AvgIpc) is 3.25. The maximum absolute atomic E-state index is 13.9. The van der Waals surface area contributed by atoms with Crippen LogP contribution in [0.1, 0.15) is 23.7 Å². The number of rotatable bonds is 7. The van der Waals surface area contributed by atoms with Crippen molar-refractivity contribution in [2.75, 3.05) is 23.3 Å². The summed E-state index contributed by atoms with van der Waals surface area (Å²) in [5, 5.41) is 2.58. The van der Waals surface area contributed by atoms with Crippen LogP contribution in [-0.4, -0.2) is 41.5 Å². The highest BCUT2D eigenvalue weighted by atomic mass is 19.3. The zero-order valence-corrected chi connectivity index (χ0v) is 18.5. The Kier molecular flexibility index (Phi) is 6.86. The molecule has 4 rings (SSSR count). The Balaban J connectivity index is 1.57. The number of carbonyl (C=O) groups is 1. The molecule has 35 heavy (non-hydrogen) atoms. The van der Waals surface area contributed by atoms with Crippen LogP contribution in [0.4, 0.5) is 33.5 Å². The van der Waals surface area contributed by atoms with Crippen LogP contribution < -0.4 is 15.0 Å². The summed E-state index contributed by atoms with van der Waals surface area (Å²) in [7, 11) is 0. The van der Waals surface area contributed by atoms with Crippen molar-refractivity contribution in [2.24, 2.45) is 5.92 Å². The van der Waals surface area contributed by atoms with E-state index in [0.29, 0.717) is 22.9 Å². The van der Waals surface area contributed by atoms with Gasteiger partial charge in [-0.05, 0) is 48.7 Å². The fourth-order valence-corrected chi connectivity index (χ4v) is 3.74. The SMILES string of the molecule is C[C@@H]1CCN(c2ncc(C(=O)Nc3ccc(OC(F)(F)C(F)F)cc3)cc2-c2cncc(F)c2)C1. The Morgan fingerprint density at radius 1 is 1.17 bits per heavy atom. The molecule has 0 aliphatic carbocycles. The molecule has 184 valence electrons. The van der Waals surface area contributed by atoms with E-state index in [1.54, 1.807) is 6.07 Å². The fraction of sp³-hybridized carbons (Fsp3) is 0.292. The van der Waals surface area contributed by atoms with Crippen molar-refractivity contribution < 1.29 is 31.5 Å². The van der Waals surface area contributed by atoms with E-state index in [9.17, 15) is 26.7 Å². The summed E-state index contributed by atoms with van der Waals surface area (Å²) in [6, 6.07) is 7.43. The molecular weight excluding hydrogens is 471 g/mol. The number of alkyl halides is 4. The summed E-state index contributed by atoms with van der Waals surface area (Å²) in [5.74, 6) is -0.500. The van der Waals surface area contributed by atoms with Crippen molar-refractivity contribution in [3.05, 3.63) is 66.4 Å². The molecular formula is C24H21F5N4O2. The van der Waals surface area contributed by atoms with E-state index in [-0.39, 0.29) is 11.3 Å². The monoisotopic (exact) mass is 492 g/mol. The van der Waals surface area contributed by atoms with E-state index in [4.69, 9.17) is 0 Å². The lowest BCUT2D eigenvalue weighted by atomic mass is 10.1. The average molecular weight is 492 g/mol. The van der Waals surface area contributed by atoms with Gasteiger partial charge in [-0.1, -0.05) is 6.92 Å². The number of benzene rings is 1. The maximum Gasteiger partial charge on any atom is 0.461 e. The highest BCUT2D eigenvalue weighted by Gasteiger charge is 2.43. The first-order valence-electron chi connectivity index (χ1n) is 10.7. The molecule has 3 aromatic rings. The number of nitrogens with zero attached hydrogens (tertiary/aromatic N) is 3. The van der Waals surface area contributed by atoms with Gasteiger partial charge < -0.3 is 15.0 Å². The van der Waals surface area contributed by atoms with Gasteiger partial charge in [-0.15, -0.1) is 0 Å². The number of aromatic nitrogens is 2. The van der Waals surface area contributed by atoms with Crippen LogP contribution in [0.5, 0.6) is 5.75 Å². The second kappa shape index (κ2) is 9.85. The van der Waals surface area contributed by atoms with Gasteiger partial charge in [0.05, 0.1) is 11.8 Å². The fourth-order valence-electron chi connectivity index (χ4n) is 3.74. The molecule has 0 unspecified atom stereocenters. The van der Waals surface area contributed by atoms with Crippen molar-refractivity contribution in [1.29, 1.82) is 0 Å². The van der Waals surface area contributed by atoms with Crippen LogP contribution in [0.15, 0.2) is 55.0 Å². The third-order valence-electron chi connectivity index (χ3n) is 5.49. The van der Waals surface area contributed by atoms with Gasteiger partial charge in [-0.25, -0.2) is 9.37 Å². The maximum atomic E-state index is 13.9. The number of amides is 1. The lowest BCUT2D eigenvalue weighted by Crippen LogP contribution is -2.33. The van der Waals surface area contributed by atoms with Gasteiger partial charge in [0.25, 0.3) is 5.91 Å². The third-order valence-corrected chi connectivity index (χ3v) is 5.49. The number of nitrogens with one attached hydrogen (secondary N) is 1. The molecule has 1 atom stereocenters. The van der Waals surface area contributed by atoms with Crippen LogP contribution in [0.2, 0.25) is 0 Å². The Hall–Kier alpha value is -3.76. The molecule has 1 amide bonds. The highest BCUT2D eigenvalue weighted by Crippen LogP contribution is 2.33. The third kappa shape index (κ3) is 5.67. The molecule has 1 fully saturated rings. The number of anilines is 2. The summed E-state index contributed by atoms with van der Waals surface area (Å²) in [4.78, 5) is 23.3. The van der Waals surface area contributed by atoms with E-state index < -0.39 is 30.0 Å². The Bertz CT molecular complexity index is 1210. The van der Waals surface area contributed by atoms with Crippen molar-refractivity contribution in [1.82, 2.24) is 9.97 Å². The molecule has 1 aromatic carbocycles. The van der Waals surface area contributed by atoms with Crippen LogP contribution in [0.3, 0.4) is 0 Å². The standard InChI is InChI=1S/C24H21F5N4O2/c1-14-6-7-33(13-14)21-20(15-8-17(25)12-30-10-15)9-16(11-31-21)22(34)32-18-2-4-19(5-3-18)35-24(28,29)23(26)27/h2-5,8-12,14,23H,6-7,13H2,1H3,(H,32,34)/t14-/m1/s1. The van der Waals surface area contributed by atoms with Crippen LogP contribution in [-0.2, 0) is 0 Å². The van der Waals surface area contributed by atoms with Gasteiger partial charge in [0, 0.05) is 42.3 Å². The quantitative estimate of drug-likeness (QED) is 0.434. The first-order chi connectivity index (χ1) is 16.6. The number of hydrogen-bond acceptors (Lipinski definition) is 5. The minimum absolute atomic E-state index is 0.171. The molecule has 2 aromatic heterocycles. The summed E-state index contributed by atoms with van der Waals surface area (Å²) >= 11 is 0. The second-order valence-electron chi connectivity index (χ2n) is 8.27. The van der Waals surface area contributed by atoms with Gasteiger partial charge in [-0.3, -0.25) is 9.78 Å². The molecule has 1 saturated heterocycles. The largest absolute Gasteiger partial charge is 0.461 e. The number of ether oxygens (including phenoxy) is 1. The van der Waals surface area contributed by atoms with Gasteiger partial charge in [0.2, 0.25) is 0 Å². The van der Waals surface area contributed by atoms with Crippen LogP contribution in [0.25, 0.3) is 11.1 Å². The molecule has 1 N–H and O–H groups in total. The Morgan fingerprint density at radius 3 is 2.54 bits per heavy atom. The summed E-state index contributed by atoms with van der Waals surface area (Å²) < 4.78 is 68.6. The number of hydrogen-bond donors (Lipinski definition) is 1. The zero-order chi connectivity index (χ0) is 25.2. The molecule has 3 heterocycles. The lowest BCUT2D eigenvalue weighted by Gasteiger charge is -2.21. The molecule has 0 spiro atoms. The van der Waals surface area contributed by atoms with Crippen LogP contribution in [0, 0.1) is 11.7 Å². The van der Waals surface area contributed by atoms with E-state index in [2.05, 4.69) is 31.8 Å². The number of pyridine rings is 2. The minimum atomic E-state index is -4.63. The summed E-state index contributed by atoms with van der Waals surface area (Å²) in [6.45, 7) is 3.66. The molecule has 0 saturated carbocycles. The predicted octanol–water partition coefficient (Wildman–Crippen LogP) is 5.62. The molecule has 1 aliphatic rings. The van der Waals surface area contributed by atoms with E-state index >= 15 is 0 Å². The zero-order valence-electron chi connectivity index (χ0n) is 18.5. The first kappa shape index (κ1) is 24.4. The van der Waals surface area contributed by atoms with Crippen molar-refractivity contribution in [3.63, 3.8) is 0 Å². The lowest BCUT2D eigenvalue weighted by molar-refractivity contribution is -0.253. The molecule has 11 heteroatoms. The van der Waals surface area contributed by atoms with Crippen LogP contribution >= 0.6 is 0 Å². The van der Waals surface area contributed by atoms with E-state index in [1.165, 1.54) is 30.6 Å². The minimum Gasteiger partial charge on any atom is -0.428 e. The van der Waals surface area contributed by atoms with Gasteiger partial charge >= 0.3 is 12.5 Å². The Morgan fingerprint density at radius 2 is 1.91 bits per heavy atom. The highest BCUT2D eigenvalue weighted by molar-refractivity contribution is 6.05. The molecule has 0 radical (unpaired) electrons. The van der Waals surface area contributed by atoms with Gasteiger partial charge in [-0.2, -0.15) is 17.6 Å². The predicted molar refractivity (Wildman–Crippen MR) is 119 cm³/mol. The number of carbonyl (C=O) groups excluding carboxylic acids is 1. The summed E-state index contributed by atoms with van der Waals surface area (Å²) in [6.07, 6.45) is -3.68. The smallest absolute Gasteiger partial charge is 0.428 e. The van der Waals surface area contributed by atoms with Crippen molar-refractivity contribution in [2.45, 2.75) is 25.9 Å². The van der Waals surface area contributed by atoms with E-state index in [1.807, 2.05) is 0 Å². The molecule has 1 aliphatic heterocycles. The van der Waals surface area contributed by atoms with Crippen molar-refractivity contribution in [3.8, 4) is 16.9 Å². The molecule has 0 bridgehead atoms. The van der Waals surface area contributed by atoms with Gasteiger partial charge in [0.1, 0.15) is 17.4 Å². The second-order valence-corrected chi connectivity index (χ2v) is 8.27. The Labute approximate surface area is 197 Å². The number of halogens is 5. The normalized spacial score (nSPS) is 16.0. The first-order valence-corrected chi connectivity index (χ1v) is 10.7. The van der Waals surface area contributed by atoms with E-state index in [0.717, 1.165) is 37.8 Å². The summed E-state index contributed by atoms with van der Waals surface area (Å²) in [5.41, 5.74) is 1.39. The molecule has 6 nitrogen and oxygen atoms in total.